The Labute approximate surface area is 370 Å². The molecule has 0 aromatic heterocycles. The standard InChI is InChI=1S/C63H46/c1-63(2)55-37-43(45-33-35-53-59(41-21-11-5-12-22-41)57(39-17-7-3-8-18-39)51-27-15-25-49(45)61(51)53)29-31-47(55)48-32-30-44(38-56(48)63)46-34-36-54-60(42-23-13-6-14-24-42)58(40-19-9-4-10-20-40)52-28-16-26-50(46)62(52)54/h3-38,57-60H,1-2H3. The molecule has 0 radical (unpaired) electrons. The van der Waals surface area contributed by atoms with Gasteiger partial charge in [0, 0.05) is 29.1 Å². The molecule has 10 aromatic carbocycles. The Morgan fingerprint density at radius 1 is 0.286 bits per heavy atom. The van der Waals surface area contributed by atoms with Crippen molar-refractivity contribution in [2.24, 2.45) is 0 Å². The van der Waals surface area contributed by atoms with Gasteiger partial charge in [0.15, 0.2) is 0 Å². The van der Waals surface area contributed by atoms with Crippen molar-refractivity contribution in [2.45, 2.75) is 42.9 Å². The minimum absolute atomic E-state index is 0.173. The Hall–Kier alpha value is -7.28. The summed E-state index contributed by atoms with van der Waals surface area (Å²) in [5.74, 6) is 1.05. The van der Waals surface area contributed by atoms with E-state index in [1.54, 1.807) is 0 Å². The van der Waals surface area contributed by atoms with E-state index in [0.29, 0.717) is 0 Å². The van der Waals surface area contributed by atoms with Crippen LogP contribution in [0.4, 0.5) is 0 Å². The van der Waals surface area contributed by atoms with Gasteiger partial charge >= 0.3 is 0 Å². The molecule has 13 rings (SSSR count). The van der Waals surface area contributed by atoms with E-state index in [9.17, 15) is 0 Å². The highest BCUT2D eigenvalue weighted by Crippen LogP contribution is 2.57. The third-order valence-electron chi connectivity index (χ3n) is 15.1. The Kier molecular flexibility index (Phi) is 8.01. The van der Waals surface area contributed by atoms with E-state index in [2.05, 4.69) is 232 Å². The summed E-state index contributed by atoms with van der Waals surface area (Å²) in [4.78, 5) is 0. The lowest BCUT2D eigenvalue weighted by Gasteiger charge is -2.23. The van der Waals surface area contributed by atoms with Crippen LogP contribution in [0.15, 0.2) is 218 Å². The highest BCUT2D eigenvalue weighted by Gasteiger charge is 2.40. The fraction of sp³-hybridized carbons (Fsp3) is 0.111. The van der Waals surface area contributed by atoms with Gasteiger partial charge < -0.3 is 0 Å². The van der Waals surface area contributed by atoms with Crippen LogP contribution >= 0.6 is 0 Å². The molecule has 0 nitrogen and oxygen atoms in total. The second-order valence-corrected chi connectivity index (χ2v) is 18.6. The molecule has 0 fully saturated rings. The summed E-state index contributed by atoms with van der Waals surface area (Å²) in [5.41, 5.74) is 21.7. The molecule has 0 heteroatoms. The van der Waals surface area contributed by atoms with Crippen LogP contribution in [0, 0.1) is 0 Å². The van der Waals surface area contributed by atoms with Crippen molar-refractivity contribution in [1.29, 1.82) is 0 Å². The second kappa shape index (κ2) is 13.9. The summed E-state index contributed by atoms with van der Waals surface area (Å²) in [6.45, 7) is 4.85. The van der Waals surface area contributed by atoms with Crippen molar-refractivity contribution in [3.8, 4) is 33.4 Å². The van der Waals surface area contributed by atoms with Gasteiger partial charge in [0.2, 0.25) is 0 Å². The Balaban J connectivity index is 0.910. The van der Waals surface area contributed by atoms with Crippen molar-refractivity contribution in [3.05, 3.63) is 274 Å². The Morgan fingerprint density at radius 2 is 0.603 bits per heavy atom. The summed E-state index contributed by atoms with van der Waals surface area (Å²) >= 11 is 0. The van der Waals surface area contributed by atoms with Crippen molar-refractivity contribution < 1.29 is 0 Å². The Bertz CT molecular complexity index is 3080. The van der Waals surface area contributed by atoms with Crippen molar-refractivity contribution in [1.82, 2.24) is 0 Å². The Morgan fingerprint density at radius 3 is 0.952 bits per heavy atom. The first-order valence-corrected chi connectivity index (χ1v) is 22.7. The first-order valence-electron chi connectivity index (χ1n) is 22.7. The molecule has 0 aliphatic heterocycles. The van der Waals surface area contributed by atoms with E-state index in [0.717, 1.165) is 0 Å². The van der Waals surface area contributed by atoms with Gasteiger partial charge in [-0.25, -0.2) is 0 Å². The molecule has 0 saturated carbocycles. The lowest BCUT2D eigenvalue weighted by Crippen LogP contribution is -2.15. The predicted octanol–water partition coefficient (Wildman–Crippen LogP) is 16.2. The molecule has 10 aromatic rings. The van der Waals surface area contributed by atoms with Crippen LogP contribution in [-0.2, 0) is 5.41 Å². The molecule has 0 amide bonds. The van der Waals surface area contributed by atoms with Gasteiger partial charge in [0.05, 0.1) is 0 Å². The fourth-order valence-corrected chi connectivity index (χ4v) is 12.4. The topological polar surface area (TPSA) is 0 Å². The average Bonchev–Trinajstić information content (AvgIpc) is 3.94. The van der Waals surface area contributed by atoms with Crippen molar-refractivity contribution in [2.75, 3.05) is 0 Å². The predicted molar refractivity (Wildman–Crippen MR) is 263 cm³/mol. The first-order chi connectivity index (χ1) is 31.0. The summed E-state index contributed by atoms with van der Waals surface area (Å²) in [6.07, 6.45) is 0. The zero-order valence-electron chi connectivity index (χ0n) is 35.6. The quantitative estimate of drug-likeness (QED) is 0.157. The third-order valence-corrected chi connectivity index (χ3v) is 15.1. The van der Waals surface area contributed by atoms with Crippen LogP contribution in [0.2, 0.25) is 0 Å². The minimum Gasteiger partial charge on any atom is -0.0622 e. The average molecular weight is 803 g/mol. The van der Waals surface area contributed by atoms with E-state index in [1.165, 1.54) is 111 Å². The van der Waals surface area contributed by atoms with Crippen LogP contribution in [0.1, 0.15) is 93.2 Å². The van der Waals surface area contributed by atoms with Crippen LogP contribution in [0.25, 0.3) is 54.9 Å². The summed E-state index contributed by atoms with van der Waals surface area (Å²) < 4.78 is 0. The second-order valence-electron chi connectivity index (χ2n) is 18.6. The highest BCUT2D eigenvalue weighted by molar-refractivity contribution is 6.05. The molecule has 4 unspecified atom stereocenters. The molecule has 63 heavy (non-hydrogen) atoms. The number of hydrogen-bond acceptors (Lipinski definition) is 0. The first kappa shape index (κ1) is 36.4. The SMILES string of the molecule is CC1(C)c2cc(-c3ccc4c5c(cccc35)C(c3ccccc3)C4c3ccccc3)ccc2-c2ccc(-c3ccc4c5c(cccc35)C(c3ccccc3)C4c3ccccc3)cc21. The van der Waals surface area contributed by atoms with Crippen LogP contribution in [0.3, 0.4) is 0 Å². The molecule has 0 heterocycles. The molecule has 0 N–H and O–H groups in total. The number of hydrogen-bond donors (Lipinski definition) is 0. The van der Waals surface area contributed by atoms with Gasteiger partial charge in [-0.05, 0) is 123 Å². The van der Waals surface area contributed by atoms with Gasteiger partial charge in [-0.2, -0.15) is 0 Å². The number of rotatable bonds is 6. The maximum atomic E-state index is 2.50. The monoisotopic (exact) mass is 802 g/mol. The molecular formula is C63H46. The van der Waals surface area contributed by atoms with Crippen molar-refractivity contribution in [3.63, 3.8) is 0 Å². The van der Waals surface area contributed by atoms with Gasteiger partial charge in [0.25, 0.3) is 0 Å². The van der Waals surface area contributed by atoms with Gasteiger partial charge in [-0.3, -0.25) is 0 Å². The lowest BCUT2D eigenvalue weighted by atomic mass is 9.79. The van der Waals surface area contributed by atoms with Gasteiger partial charge in [-0.1, -0.05) is 220 Å². The minimum atomic E-state index is -0.173. The number of fused-ring (bicyclic) bond motifs is 3. The molecule has 4 atom stereocenters. The zero-order valence-corrected chi connectivity index (χ0v) is 35.6. The maximum Gasteiger partial charge on any atom is 0.0205 e. The number of benzene rings is 10. The smallest absolute Gasteiger partial charge is 0.0205 e. The maximum absolute atomic E-state index is 2.50. The van der Waals surface area contributed by atoms with E-state index in [1.807, 2.05) is 0 Å². The van der Waals surface area contributed by atoms with Crippen LogP contribution in [0.5, 0.6) is 0 Å². The lowest BCUT2D eigenvalue weighted by molar-refractivity contribution is 0.661. The highest BCUT2D eigenvalue weighted by atomic mass is 14.4. The molecule has 298 valence electrons. The summed E-state index contributed by atoms with van der Waals surface area (Å²) in [7, 11) is 0. The van der Waals surface area contributed by atoms with E-state index in [-0.39, 0.29) is 29.1 Å². The van der Waals surface area contributed by atoms with E-state index < -0.39 is 0 Å². The van der Waals surface area contributed by atoms with Crippen LogP contribution in [-0.4, -0.2) is 0 Å². The van der Waals surface area contributed by atoms with E-state index >= 15 is 0 Å². The van der Waals surface area contributed by atoms with Gasteiger partial charge in [-0.15, -0.1) is 0 Å². The molecule has 0 saturated heterocycles. The molecule has 0 bridgehead atoms. The summed E-state index contributed by atoms with van der Waals surface area (Å²) in [5, 5.41) is 5.52. The normalized spacial score (nSPS) is 18.8. The fourth-order valence-electron chi connectivity index (χ4n) is 12.4. The molecule has 3 aliphatic carbocycles. The summed E-state index contributed by atoms with van der Waals surface area (Å²) in [6, 6.07) is 82.8. The van der Waals surface area contributed by atoms with Gasteiger partial charge in [0.1, 0.15) is 0 Å². The van der Waals surface area contributed by atoms with Crippen molar-refractivity contribution >= 4 is 21.5 Å². The largest absolute Gasteiger partial charge is 0.0622 e. The third kappa shape index (κ3) is 5.34. The van der Waals surface area contributed by atoms with E-state index in [4.69, 9.17) is 0 Å². The van der Waals surface area contributed by atoms with Crippen LogP contribution < -0.4 is 0 Å². The molecule has 3 aliphatic rings. The zero-order chi connectivity index (χ0) is 41.8. The molecule has 0 spiro atoms. The molecular weight excluding hydrogens is 757 g/mol.